The van der Waals surface area contributed by atoms with Crippen LogP contribution in [0.5, 0.6) is 5.75 Å². The number of fused-ring (bicyclic) bond motifs is 3. The van der Waals surface area contributed by atoms with Crippen LogP contribution in [-0.4, -0.2) is 36.9 Å². The van der Waals surface area contributed by atoms with Gasteiger partial charge in [-0.25, -0.2) is 8.42 Å². The van der Waals surface area contributed by atoms with Crippen molar-refractivity contribution >= 4 is 21.6 Å². The van der Waals surface area contributed by atoms with Gasteiger partial charge >= 0.3 is 0 Å². The summed E-state index contributed by atoms with van der Waals surface area (Å²) in [5.41, 5.74) is 3.02. The lowest BCUT2D eigenvalue weighted by atomic mass is 10.0. The van der Waals surface area contributed by atoms with Gasteiger partial charge in [0.1, 0.15) is 12.4 Å². The van der Waals surface area contributed by atoms with Gasteiger partial charge in [0.15, 0.2) is 11.5 Å². The molecule has 0 unspecified atom stereocenters. The van der Waals surface area contributed by atoms with E-state index in [9.17, 15) is 13.2 Å². The van der Waals surface area contributed by atoms with Gasteiger partial charge in [-0.3, -0.25) is 4.79 Å². The molecule has 9 heteroatoms. The molecule has 0 aliphatic carbocycles. The van der Waals surface area contributed by atoms with E-state index in [4.69, 9.17) is 9.26 Å². The second-order valence-electron chi connectivity index (χ2n) is 8.07. The molecule has 8 nitrogen and oxygen atoms in total. The predicted molar refractivity (Wildman–Crippen MR) is 118 cm³/mol. The maximum atomic E-state index is 12.8. The first-order valence-electron chi connectivity index (χ1n) is 10.6. The van der Waals surface area contributed by atoms with Crippen molar-refractivity contribution in [2.45, 2.75) is 37.7 Å². The van der Waals surface area contributed by atoms with Gasteiger partial charge in [0, 0.05) is 18.8 Å². The Morgan fingerprint density at radius 3 is 2.56 bits per heavy atom. The second-order valence-corrected chi connectivity index (χ2v) is 10.0. The lowest BCUT2D eigenvalue weighted by molar-refractivity contribution is 0.101. The molecule has 3 heterocycles. The molecule has 0 spiro atoms. The van der Waals surface area contributed by atoms with Gasteiger partial charge in [-0.05, 0) is 56.2 Å². The van der Waals surface area contributed by atoms with E-state index in [0.717, 1.165) is 30.4 Å². The summed E-state index contributed by atoms with van der Waals surface area (Å²) in [5.74, 6) is 0.779. The van der Waals surface area contributed by atoms with Crippen LogP contribution in [-0.2, 0) is 16.6 Å². The molecule has 0 atom stereocenters. The van der Waals surface area contributed by atoms with Crippen LogP contribution >= 0.6 is 0 Å². The Balaban J connectivity index is 1.34. The van der Waals surface area contributed by atoms with E-state index in [2.05, 4.69) is 10.5 Å². The van der Waals surface area contributed by atoms with E-state index in [1.165, 1.54) is 16.4 Å². The Hall–Kier alpha value is -3.17. The summed E-state index contributed by atoms with van der Waals surface area (Å²) in [4.78, 5) is 13.1. The number of rotatable bonds is 4. The van der Waals surface area contributed by atoms with Crippen LogP contribution in [0.25, 0.3) is 11.3 Å². The van der Waals surface area contributed by atoms with Crippen molar-refractivity contribution in [1.29, 1.82) is 0 Å². The molecule has 1 saturated heterocycles. The topological polar surface area (TPSA) is 102 Å². The average molecular weight is 454 g/mol. The minimum Gasteiger partial charge on any atom is -0.488 e. The summed E-state index contributed by atoms with van der Waals surface area (Å²) in [6, 6.07) is 11.9. The normalized spacial score (nSPS) is 16.0. The van der Waals surface area contributed by atoms with E-state index >= 15 is 0 Å². The third kappa shape index (κ3) is 3.67. The summed E-state index contributed by atoms with van der Waals surface area (Å²) in [6.07, 6.45) is 2.81. The molecule has 1 fully saturated rings. The van der Waals surface area contributed by atoms with Gasteiger partial charge in [0.05, 0.1) is 16.0 Å². The van der Waals surface area contributed by atoms with E-state index in [-0.39, 0.29) is 17.2 Å². The lowest BCUT2D eigenvalue weighted by Crippen LogP contribution is -2.35. The fraction of sp³-hybridized carbons (Fsp3) is 0.304. The number of piperidine rings is 1. The van der Waals surface area contributed by atoms with Crippen molar-refractivity contribution in [3.8, 4) is 17.1 Å². The Bertz CT molecular complexity index is 1280. The van der Waals surface area contributed by atoms with Crippen LogP contribution in [0.1, 0.15) is 40.9 Å². The zero-order valence-electron chi connectivity index (χ0n) is 17.6. The average Bonchev–Trinajstić information content (AvgIpc) is 3.25. The molecule has 5 rings (SSSR count). The first-order valence-corrected chi connectivity index (χ1v) is 12.0. The third-order valence-electron chi connectivity index (χ3n) is 5.82. The fourth-order valence-corrected chi connectivity index (χ4v) is 5.60. The van der Waals surface area contributed by atoms with Crippen LogP contribution < -0.4 is 10.1 Å². The highest BCUT2D eigenvalue weighted by Gasteiger charge is 2.29. The Morgan fingerprint density at radius 1 is 1.06 bits per heavy atom. The highest BCUT2D eigenvalue weighted by atomic mass is 32.2. The second kappa shape index (κ2) is 8.07. The molecule has 1 aromatic heterocycles. The summed E-state index contributed by atoms with van der Waals surface area (Å²) in [6.45, 7) is 3.24. The monoisotopic (exact) mass is 453 g/mol. The number of benzene rings is 2. The molecule has 3 aromatic rings. The highest BCUT2D eigenvalue weighted by Crippen LogP contribution is 2.39. The summed E-state index contributed by atoms with van der Waals surface area (Å²) >= 11 is 0. The number of hydrogen-bond acceptors (Lipinski definition) is 6. The van der Waals surface area contributed by atoms with Crippen molar-refractivity contribution < 1.29 is 22.5 Å². The minimum atomic E-state index is -3.52. The number of aromatic nitrogens is 1. The van der Waals surface area contributed by atoms with Gasteiger partial charge in [-0.15, -0.1) is 0 Å². The van der Waals surface area contributed by atoms with Crippen LogP contribution in [0.3, 0.4) is 0 Å². The molecular formula is C23H23N3O5S. The number of ether oxygens (including phenoxy) is 1. The first kappa shape index (κ1) is 20.7. The molecule has 166 valence electrons. The molecule has 2 aliphatic heterocycles. The van der Waals surface area contributed by atoms with Gasteiger partial charge < -0.3 is 14.6 Å². The van der Waals surface area contributed by atoms with E-state index < -0.39 is 15.9 Å². The zero-order chi connectivity index (χ0) is 22.3. The molecule has 1 amide bonds. The number of amides is 1. The van der Waals surface area contributed by atoms with E-state index in [1.807, 2.05) is 25.1 Å². The number of carbonyl (C=O) groups is 1. The summed E-state index contributed by atoms with van der Waals surface area (Å²) < 4.78 is 38.4. The molecule has 0 saturated carbocycles. The molecule has 0 radical (unpaired) electrons. The van der Waals surface area contributed by atoms with Gasteiger partial charge in [0.25, 0.3) is 5.91 Å². The van der Waals surface area contributed by atoms with Crippen molar-refractivity contribution in [3.63, 3.8) is 0 Å². The van der Waals surface area contributed by atoms with Crippen molar-refractivity contribution in [1.82, 2.24) is 9.46 Å². The number of carbonyl (C=O) groups excluding carboxylic acids is 1. The first-order chi connectivity index (χ1) is 15.4. The van der Waals surface area contributed by atoms with Gasteiger partial charge in [-0.1, -0.05) is 23.2 Å². The Labute approximate surface area is 186 Å². The standard InChI is InChI=1S/C23H23N3O5S/c1-15-5-10-20-18(13-15)22-19(14-30-20)21(25-31-22)23(27)24-16-6-8-17(9-7-16)32(28,29)26-11-3-2-4-12-26/h5-10,13H,2-4,11-12,14H2,1H3,(H,24,27). The largest absolute Gasteiger partial charge is 0.488 e. The van der Waals surface area contributed by atoms with Crippen LogP contribution in [0, 0.1) is 6.92 Å². The zero-order valence-corrected chi connectivity index (χ0v) is 18.4. The predicted octanol–water partition coefficient (Wildman–Crippen LogP) is 3.97. The highest BCUT2D eigenvalue weighted by molar-refractivity contribution is 7.89. The quantitative estimate of drug-likeness (QED) is 0.641. The molecule has 1 N–H and O–H groups in total. The van der Waals surface area contributed by atoms with Gasteiger partial charge in [-0.2, -0.15) is 4.31 Å². The number of sulfonamides is 1. The Morgan fingerprint density at radius 2 is 1.81 bits per heavy atom. The maximum Gasteiger partial charge on any atom is 0.278 e. The van der Waals surface area contributed by atoms with Gasteiger partial charge in [0.2, 0.25) is 10.0 Å². The molecule has 2 aliphatic rings. The number of nitrogens with one attached hydrogen (secondary N) is 1. The van der Waals surface area contributed by atoms with Crippen LogP contribution in [0.2, 0.25) is 0 Å². The smallest absolute Gasteiger partial charge is 0.278 e. The van der Waals surface area contributed by atoms with Crippen LogP contribution in [0.4, 0.5) is 5.69 Å². The summed E-state index contributed by atoms with van der Waals surface area (Å²) in [5, 5.41) is 6.73. The minimum absolute atomic E-state index is 0.150. The number of aryl methyl sites for hydroxylation is 1. The summed E-state index contributed by atoms with van der Waals surface area (Å²) in [7, 11) is -3.52. The van der Waals surface area contributed by atoms with Crippen molar-refractivity contribution in [3.05, 3.63) is 59.3 Å². The number of anilines is 1. The molecule has 0 bridgehead atoms. The van der Waals surface area contributed by atoms with Crippen molar-refractivity contribution in [2.75, 3.05) is 18.4 Å². The molecular weight excluding hydrogens is 430 g/mol. The maximum absolute atomic E-state index is 12.8. The van der Waals surface area contributed by atoms with E-state index in [1.54, 1.807) is 12.1 Å². The SMILES string of the molecule is Cc1ccc2c(c1)-c1onc(C(=O)Nc3ccc(S(=O)(=O)N4CCCCC4)cc3)c1CO2. The third-order valence-corrected chi connectivity index (χ3v) is 7.73. The number of nitrogens with zero attached hydrogens (tertiary/aromatic N) is 2. The lowest BCUT2D eigenvalue weighted by Gasteiger charge is -2.25. The van der Waals surface area contributed by atoms with E-state index in [0.29, 0.717) is 35.9 Å². The molecule has 2 aromatic carbocycles. The molecule has 32 heavy (non-hydrogen) atoms. The number of hydrogen-bond donors (Lipinski definition) is 1. The van der Waals surface area contributed by atoms with Crippen molar-refractivity contribution in [2.24, 2.45) is 0 Å². The van der Waals surface area contributed by atoms with Crippen LogP contribution in [0.15, 0.2) is 51.9 Å². The fourth-order valence-electron chi connectivity index (χ4n) is 4.09. The Kier molecular flexibility index (Phi) is 5.22.